The monoisotopic (exact) mass is 409 g/mol. The lowest BCUT2D eigenvalue weighted by Gasteiger charge is -2.13. The molecule has 0 aliphatic heterocycles. The molecule has 0 N–H and O–H groups in total. The highest BCUT2D eigenvalue weighted by atomic mass is 79.9. The Morgan fingerprint density at radius 3 is 2.44 bits per heavy atom. The zero-order chi connectivity index (χ0) is 18.4. The predicted octanol–water partition coefficient (Wildman–Crippen LogP) is 4.48. The summed E-state index contributed by atoms with van der Waals surface area (Å²) in [7, 11) is 0. The molecule has 0 radical (unpaired) electrons. The van der Waals surface area contributed by atoms with Crippen LogP contribution in [0.2, 0.25) is 0 Å². The third-order valence-corrected chi connectivity index (χ3v) is 3.59. The summed E-state index contributed by atoms with van der Waals surface area (Å²) in [6, 6.07) is 10.9. The Balaban J connectivity index is 2.08. The average Bonchev–Trinajstić information content (AvgIpc) is 2.58. The fourth-order valence-electron chi connectivity index (χ4n) is 1.94. The first-order valence-corrected chi connectivity index (χ1v) is 8.25. The van der Waals surface area contributed by atoms with E-state index in [1.165, 1.54) is 12.1 Å². The third-order valence-electron chi connectivity index (χ3n) is 3.10. The van der Waals surface area contributed by atoms with Gasteiger partial charge in [0.25, 0.3) is 0 Å². The number of nitro benzene ring substituents is 1. The Kier molecular flexibility index (Phi) is 6.35. The van der Waals surface area contributed by atoms with E-state index in [-0.39, 0.29) is 18.0 Å². The number of benzene rings is 2. The number of esters is 1. The molecule has 0 aromatic heterocycles. The van der Waals surface area contributed by atoms with Crippen LogP contribution in [0.4, 0.5) is 5.69 Å². The third kappa shape index (κ3) is 5.18. The molecule has 8 heteroatoms. The molecule has 7 nitrogen and oxygen atoms in total. The molecule has 2 aromatic rings. The van der Waals surface area contributed by atoms with Gasteiger partial charge in [0.1, 0.15) is 11.5 Å². The number of hydrogen-bond acceptors (Lipinski definition) is 6. The first-order valence-electron chi connectivity index (χ1n) is 7.46. The fourth-order valence-corrected chi connectivity index (χ4v) is 2.29. The number of carbonyl (C=O) groups excluding carboxylic acids is 1. The Labute approximate surface area is 152 Å². The molecule has 2 aromatic carbocycles. The maximum atomic E-state index is 11.5. The van der Waals surface area contributed by atoms with Crippen molar-refractivity contribution < 1.29 is 23.9 Å². The van der Waals surface area contributed by atoms with Crippen molar-refractivity contribution in [1.82, 2.24) is 0 Å². The van der Waals surface area contributed by atoms with E-state index < -0.39 is 17.0 Å². The van der Waals surface area contributed by atoms with Gasteiger partial charge in [0.05, 0.1) is 11.5 Å². The summed E-state index contributed by atoms with van der Waals surface area (Å²) >= 11 is 3.19. The van der Waals surface area contributed by atoms with Crippen molar-refractivity contribution in [3.63, 3.8) is 0 Å². The lowest BCUT2D eigenvalue weighted by molar-refractivity contribution is -0.385. The van der Waals surface area contributed by atoms with Gasteiger partial charge < -0.3 is 14.2 Å². The van der Waals surface area contributed by atoms with Crippen molar-refractivity contribution in [2.75, 3.05) is 6.61 Å². The van der Waals surface area contributed by atoms with E-state index in [0.717, 1.165) is 0 Å². The largest absolute Gasteiger partial charge is 0.479 e. The van der Waals surface area contributed by atoms with Gasteiger partial charge in [0.2, 0.25) is 5.75 Å². The number of halogens is 1. The van der Waals surface area contributed by atoms with E-state index in [1.54, 1.807) is 44.2 Å². The van der Waals surface area contributed by atoms with E-state index in [0.29, 0.717) is 16.0 Å². The average molecular weight is 410 g/mol. The van der Waals surface area contributed by atoms with Gasteiger partial charge in [-0.1, -0.05) is 15.9 Å². The van der Waals surface area contributed by atoms with Crippen molar-refractivity contribution in [2.45, 2.75) is 20.0 Å². The van der Waals surface area contributed by atoms with Crippen molar-refractivity contribution in [3.8, 4) is 17.2 Å². The van der Waals surface area contributed by atoms with Gasteiger partial charge in [0.15, 0.2) is 6.10 Å². The summed E-state index contributed by atoms with van der Waals surface area (Å²) in [5.74, 6) is 0.537. The molecule has 1 atom stereocenters. The van der Waals surface area contributed by atoms with Gasteiger partial charge in [-0.2, -0.15) is 0 Å². The second-order valence-corrected chi connectivity index (χ2v) is 5.87. The standard InChI is InChI=1S/C17H16BrNO6/c1-3-23-17(20)11(2)24-13-5-7-14(8-6-13)25-16-9-4-12(18)10-15(16)19(21)22/h4-11H,3H2,1-2H3. The summed E-state index contributed by atoms with van der Waals surface area (Å²) in [6.07, 6.45) is -0.737. The van der Waals surface area contributed by atoms with Crippen molar-refractivity contribution >= 4 is 27.6 Å². The molecule has 0 spiro atoms. The number of carbonyl (C=O) groups is 1. The van der Waals surface area contributed by atoms with Crippen molar-refractivity contribution in [1.29, 1.82) is 0 Å². The number of nitrogens with zero attached hydrogens (tertiary/aromatic N) is 1. The molecule has 0 heterocycles. The summed E-state index contributed by atoms with van der Waals surface area (Å²) < 4.78 is 16.5. The molecule has 0 amide bonds. The highest BCUT2D eigenvalue weighted by Gasteiger charge is 2.17. The Morgan fingerprint density at radius 2 is 1.84 bits per heavy atom. The van der Waals surface area contributed by atoms with Crippen LogP contribution in [0, 0.1) is 10.1 Å². The van der Waals surface area contributed by atoms with Crippen LogP contribution in [0.1, 0.15) is 13.8 Å². The molecule has 0 fully saturated rings. The molecular formula is C17H16BrNO6. The number of rotatable bonds is 7. The maximum Gasteiger partial charge on any atom is 0.347 e. The van der Waals surface area contributed by atoms with Crippen molar-refractivity contribution in [2.24, 2.45) is 0 Å². The topological polar surface area (TPSA) is 87.9 Å². The van der Waals surface area contributed by atoms with Crippen molar-refractivity contribution in [3.05, 3.63) is 57.1 Å². The molecule has 2 rings (SSSR count). The molecule has 132 valence electrons. The molecule has 0 saturated heterocycles. The van der Waals surface area contributed by atoms with Crippen LogP contribution in [0.3, 0.4) is 0 Å². The van der Waals surface area contributed by atoms with Crippen LogP contribution in [0.25, 0.3) is 0 Å². The van der Waals surface area contributed by atoms with E-state index in [1.807, 2.05) is 0 Å². The van der Waals surface area contributed by atoms with Crippen LogP contribution in [0.5, 0.6) is 17.2 Å². The fraction of sp³-hybridized carbons (Fsp3) is 0.235. The predicted molar refractivity (Wildman–Crippen MR) is 94.0 cm³/mol. The van der Waals surface area contributed by atoms with E-state index in [2.05, 4.69) is 15.9 Å². The van der Waals surface area contributed by atoms with Crippen LogP contribution >= 0.6 is 15.9 Å². The smallest absolute Gasteiger partial charge is 0.347 e. The number of hydrogen-bond donors (Lipinski definition) is 0. The number of nitro groups is 1. The molecular weight excluding hydrogens is 394 g/mol. The van der Waals surface area contributed by atoms with Crippen LogP contribution in [0.15, 0.2) is 46.9 Å². The molecule has 0 aliphatic carbocycles. The Hall–Kier alpha value is -2.61. The van der Waals surface area contributed by atoms with E-state index in [9.17, 15) is 14.9 Å². The Bertz CT molecular complexity index is 762. The summed E-state index contributed by atoms with van der Waals surface area (Å²) in [6.45, 7) is 3.59. The summed E-state index contributed by atoms with van der Waals surface area (Å²) in [5, 5.41) is 11.1. The summed E-state index contributed by atoms with van der Waals surface area (Å²) in [5.41, 5.74) is -0.148. The zero-order valence-corrected chi connectivity index (χ0v) is 15.2. The zero-order valence-electron chi connectivity index (χ0n) is 13.6. The van der Waals surface area contributed by atoms with Gasteiger partial charge in [0, 0.05) is 10.5 Å². The first-order chi connectivity index (χ1) is 11.9. The van der Waals surface area contributed by atoms with Gasteiger partial charge in [-0.3, -0.25) is 10.1 Å². The molecule has 0 saturated carbocycles. The second-order valence-electron chi connectivity index (χ2n) is 4.95. The minimum absolute atomic E-state index is 0.127. The van der Waals surface area contributed by atoms with Crippen LogP contribution in [-0.2, 0) is 9.53 Å². The van der Waals surface area contributed by atoms with E-state index in [4.69, 9.17) is 14.2 Å². The van der Waals surface area contributed by atoms with Gasteiger partial charge in [-0.15, -0.1) is 0 Å². The maximum absolute atomic E-state index is 11.5. The quantitative estimate of drug-likeness (QED) is 0.380. The minimum atomic E-state index is -0.737. The highest BCUT2D eigenvalue weighted by Crippen LogP contribution is 2.34. The molecule has 0 bridgehead atoms. The number of ether oxygens (including phenoxy) is 3. The van der Waals surface area contributed by atoms with Crippen LogP contribution < -0.4 is 9.47 Å². The van der Waals surface area contributed by atoms with E-state index >= 15 is 0 Å². The first kappa shape index (κ1) is 18.7. The second kappa shape index (κ2) is 8.48. The lowest BCUT2D eigenvalue weighted by atomic mass is 10.3. The van der Waals surface area contributed by atoms with Gasteiger partial charge >= 0.3 is 11.7 Å². The SMILES string of the molecule is CCOC(=O)C(C)Oc1ccc(Oc2ccc(Br)cc2[N+](=O)[O-])cc1. The van der Waals surface area contributed by atoms with Gasteiger partial charge in [-0.25, -0.2) is 4.79 Å². The Morgan fingerprint density at radius 1 is 1.20 bits per heavy atom. The van der Waals surface area contributed by atoms with Crippen LogP contribution in [-0.4, -0.2) is 23.6 Å². The molecule has 0 aliphatic rings. The highest BCUT2D eigenvalue weighted by molar-refractivity contribution is 9.10. The lowest BCUT2D eigenvalue weighted by Crippen LogP contribution is -2.25. The minimum Gasteiger partial charge on any atom is -0.479 e. The molecule has 1 unspecified atom stereocenters. The molecule has 25 heavy (non-hydrogen) atoms. The summed E-state index contributed by atoms with van der Waals surface area (Å²) in [4.78, 5) is 22.1. The van der Waals surface area contributed by atoms with Gasteiger partial charge in [-0.05, 0) is 50.2 Å². The normalized spacial score (nSPS) is 11.5.